The number of aliphatic imine (C=N–C) groups is 1. The molecule has 1 aliphatic heterocycles. The van der Waals surface area contributed by atoms with Crippen LogP contribution in [0.3, 0.4) is 0 Å². The van der Waals surface area contributed by atoms with Gasteiger partial charge in [0.15, 0.2) is 0 Å². The average Bonchev–Trinajstić information content (AvgIpc) is 2.80. The number of nitrogens with zero attached hydrogens (tertiary/aromatic N) is 1. The third kappa shape index (κ3) is 4.89. The van der Waals surface area contributed by atoms with Gasteiger partial charge in [-0.2, -0.15) is 0 Å². The molecule has 4 nitrogen and oxygen atoms in total. The quantitative estimate of drug-likeness (QED) is 0.518. The van der Waals surface area contributed by atoms with Crippen molar-refractivity contribution in [2.75, 3.05) is 6.54 Å². The second-order valence-electron chi connectivity index (χ2n) is 10.9. The highest BCUT2D eigenvalue weighted by molar-refractivity contribution is 5.96. The molecule has 170 valence electrons. The third-order valence-corrected chi connectivity index (χ3v) is 8.40. The minimum Gasteiger partial charge on any atom is -0.356 e. The van der Waals surface area contributed by atoms with E-state index in [9.17, 15) is 9.59 Å². The summed E-state index contributed by atoms with van der Waals surface area (Å²) in [6, 6.07) is 10.0. The number of carbonyl (C=O) groups excluding carboxylic acids is 2. The van der Waals surface area contributed by atoms with E-state index in [-0.39, 0.29) is 11.8 Å². The molecule has 0 radical (unpaired) electrons. The summed E-state index contributed by atoms with van der Waals surface area (Å²) in [5.41, 5.74) is 2.50. The highest BCUT2D eigenvalue weighted by Gasteiger charge is 2.50. The van der Waals surface area contributed by atoms with Crippen molar-refractivity contribution in [3.63, 3.8) is 0 Å². The van der Waals surface area contributed by atoms with E-state index in [1.165, 1.54) is 38.5 Å². The second-order valence-corrected chi connectivity index (χ2v) is 10.9. The molecule has 0 spiro atoms. The van der Waals surface area contributed by atoms with Crippen molar-refractivity contribution in [3.05, 3.63) is 42.0 Å². The molecule has 0 aromatic heterocycles. The second kappa shape index (κ2) is 9.33. The predicted octanol–water partition coefficient (Wildman–Crippen LogP) is 5.58. The lowest BCUT2D eigenvalue weighted by Gasteiger charge is -2.57. The van der Waals surface area contributed by atoms with Crippen molar-refractivity contribution in [1.82, 2.24) is 5.32 Å². The number of hydrogen-bond acceptors (Lipinski definition) is 3. The summed E-state index contributed by atoms with van der Waals surface area (Å²) in [6.45, 7) is 0.571. The van der Waals surface area contributed by atoms with Crippen LogP contribution in [-0.4, -0.2) is 24.4 Å². The fourth-order valence-corrected chi connectivity index (χ4v) is 7.25. The van der Waals surface area contributed by atoms with E-state index in [0.717, 1.165) is 48.3 Å². The highest BCUT2D eigenvalue weighted by atomic mass is 16.2. The summed E-state index contributed by atoms with van der Waals surface area (Å²) >= 11 is 0. The lowest BCUT2D eigenvalue weighted by atomic mass is 9.48. The predicted molar refractivity (Wildman–Crippen MR) is 128 cm³/mol. The Kier molecular flexibility index (Phi) is 6.30. The lowest BCUT2D eigenvalue weighted by molar-refractivity contribution is -0.124. The van der Waals surface area contributed by atoms with Crippen molar-refractivity contribution in [2.24, 2.45) is 34.1 Å². The summed E-state index contributed by atoms with van der Waals surface area (Å²) in [6.07, 6.45) is 16.2. The van der Waals surface area contributed by atoms with Gasteiger partial charge in [0.1, 0.15) is 5.78 Å². The minimum atomic E-state index is -0.214. The van der Waals surface area contributed by atoms with Gasteiger partial charge in [-0.15, -0.1) is 0 Å². The van der Waals surface area contributed by atoms with E-state index in [0.29, 0.717) is 30.6 Å². The Balaban J connectivity index is 0.991. The Morgan fingerprint density at radius 3 is 2.28 bits per heavy atom. The van der Waals surface area contributed by atoms with Gasteiger partial charge in [0.05, 0.1) is 11.6 Å². The maximum atomic E-state index is 12.5. The number of carbonyl (C=O) groups is 2. The van der Waals surface area contributed by atoms with Gasteiger partial charge >= 0.3 is 0 Å². The first-order valence-electron chi connectivity index (χ1n) is 12.7. The molecular formula is C28H36N2O2. The zero-order chi connectivity index (χ0) is 22.0. The molecule has 32 heavy (non-hydrogen) atoms. The zero-order valence-corrected chi connectivity index (χ0v) is 19.1. The number of allylic oxidation sites excluding steroid dienone is 1. The lowest BCUT2D eigenvalue weighted by Crippen LogP contribution is -2.46. The molecule has 6 rings (SSSR count). The molecule has 1 N–H and O–H groups in total. The van der Waals surface area contributed by atoms with Crippen LogP contribution in [0.4, 0.5) is 0 Å². The largest absolute Gasteiger partial charge is 0.356 e. The van der Waals surface area contributed by atoms with Crippen molar-refractivity contribution >= 4 is 23.6 Å². The van der Waals surface area contributed by atoms with Crippen LogP contribution in [0.1, 0.15) is 76.2 Å². The average molecular weight is 433 g/mol. The van der Waals surface area contributed by atoms with Crippen molar-refractivity contribution in [3.8, 4) is 0 Å². The van der Waals surface area contributed by atoms with Crippen LogP contribution in [0.2, 0.25) is 0 Å². The van der Waals surface area contributed by atoms with Gasteiger partial charge in [0.2, 0.25) is 5.91 Å². The van der Waals surface area contributed by atoms with E-state index in [2.05, 4.69) is 10.3 Å². The van der Waals surface area contributed by atoms with Gasteiger partial charge < -0.3 is 5.32 Å². The Hall–Kier alpha value is -2.23. The molecule has 1 heterocycles. The molecule has 5 aliphatic rings. The van der Waals surface area contributed by atoms with Crippen molar-refractivity contribution in [2.45, 2.75) is 70.6 Å². The molecule has 1 unspecified atom stereocenters. The third-order valence-electron chi connectivity index (χ3n) is 8.40. The van der Waals surface area contributed by atoms with Crippen LogP contribution in [0, 0.1) is 29.1 Å². The van der Waals surface area contributed by atoms with Gasteiger partial charge in [0.25, 0.3) is 0 Å². The first-order valence-corrected chi connectivity index (χ1v) is 12.7. The van der Waals surface area contributed by atoms with E-state index in [1.807, 2.05) is 36.4 Å². The molecule has 1 aromatic rings. The fourth-order valence-electron chi connectivity index (χ4n) is 7.25. The van der Waals surface area contributed by atoms with Gasteiger partial charge in [-0.25, -0.2) is 0 Å². The van der Waals surface area contributed by atoms with Gasteiger partial charge in [-0.1, -0.05) is 36.4 Å². The fraction of sp³-hybridized carbons (Fsp3) is 0.607. The molecule has 1 aromatic carbocycles. The highest BCUT2D eigenvalue weighted by Crippen LogP contribution is 2.61. The van der Waals surface area contributed by atoms with Crippen LogP contribution >= 0.6 is 0 Å². The summed E-state index contributed by atoms with van der Waals surface area (Å²) in [5, 5.41) is 3.00. The standard InChI is InChI=1S/C28H36N2O2/c31-25(10-11-28-16-20-13-21(17-28)15-22(14-20)18-28)7-4-12-29-27(32)24-8-9-26(30-19-24)23-5-2-1-3-6-23/h1-3,5-6,9,19-22,24H,4,7-8,10-18H2,(H,29,32). The number of amides is 1. The SMILES string of the molecule is O=C(CCCNC(=O)C1C=NC(c2ccccc2)=CC1)CCC12CC3CC(CC(C3)C1)C2. The molecular weight excluding hydrogens is 396 g/mol. The van der Waals surface area contributed by atoms with Gasteiger partial charge in [0, 0.05) is 25.6 Å². The van der Waals surface area contributed by atoms with Crippen LogP contribution in [0.25, 0.3) is 5.70 Å². The molecule has 4 heteroatoms. The molecule has 4 saturated carbocycles. The normalized spacial score (nSPS) is 32.6. The molecule has 4 bridgehead atoms. The number of hydrogen-bond donors (Lipinski definition) is 1. The molecule has 1 amide bonds. The van der Waals surface area contributed by atoms with Crippen LogP contribution in [-0.2, 0) is 9.59 Å². The van der Waals surface area contributed by atoms with Crippen molar-refractivity contribution < 1.29 is 9.59 Å². The van der Waals surface area contributed by atoms with Crippen LogP contribution < -0.4 is 5.32 Å². The van der Waals surface area contributed by atoms with Crippen LogP contribution in [0.15, 0.2) is 41.4 Å². The monoisotopic (exact) mass is 432 g/mol. The number of benzene rings is 1. The summed E-state index contributed by atoms with van der Waals surface area (Å²) in [4.78, 5) is 29.4. The van der Waals surface area contributed by atoms with Gasteiger partial charge in [-0.3, -0.25) is 14.6 Å². The molecule has 4 aliphatic carbocycles. The number of nitrogens with one attached hydrogen (secondary N) is 1. The van der Waals surface area contributed by atoms with Crippen LogP contribution in [0.5, 0.6) is 0 Å². The number of ketones is 1. The Labute approximate surface area is 192 Å². The topological polar surface area (TPSA) is 58.5 Å². The molecule has 4 fully saturated rings. The Morgan fingerprint density at radius 1 is 0.969 bits per heavy atom. The first-order chi connectivity index (χ1) is 15.6. The Morgan fingerprint density at radius 2 is 1.66 bits per heavy atom. The maximum Gasteiger partial charge on any atom is 0.228 e. The summed E-state index contributed by atoms with van der Waals surface area (Å²) < 4.78 is 0. The maximum absolute atomic E-state index is 12.5. The smallest absolute Gasteiger partial charge is 0.228 e. The Bertz CT molecular complexity index is 866. The first kappa shape index (κ1) is 21.6. The molecule has 0 saturated heterocycles. The minimum absolute atomic E-state index is 0.0122. The van der Waals surface area contributed by atoms with E-state index < -0.39 is 0 Å². The number of rotatable bonds is 9. The van der Waals surface area contributed by atoms with E-state index in [1.54, 1.807) is 6.21 Å². The molecule has 1 atom stereocenters. The summed E-state index contributed by atoms with van der Waals surface area (Å²) in [5.74, 6) is 3.03. The number of Topliss-reactive ketones (excluding diaryl/α,β-unsaturated/α-hetero) is 1. The van der Waals surface area contributed by atoms with Crippen molar-refractivity contribution in [1.29, 1.82) is 0 Å². The van der Waals surface area contributed by atoms with Gasteiger partial charge in [-0.05, 0) is 86.5 Å². The summed E-state index contributed by atoms with van der Waals surface area (Å²) in [7, 11) is 0. The van der Waals surface area contributed by atoms with E-state index >= 15 is 0 Å². The zero-order valence-electron chi connectivity index (χ0n) is 19.1. The van der Waals surface area contributed by atoms with E-state index in [4.69, 9.17) is 0 Å².